The molecule has 0 bridgehead atoms. The highest BCUT2D eigenvalue weighted by Gasteiger charge is 2.35. The molecule has 1 aliphatic rings. The normalized spacial score (nSPS) is 13.8. The fraction of sp³-hybridized carbons (Fsp3) is 0.238. The number of imide groups is 1. The van der Waals surface area contributed by atoms with Crippen molar-refractivity contribution in [3.8, 4) is 6.07 Å². The highest BCUT2D eigenvalue weighted by molar-refractivity contribution is 6.22. The van der Waals surface area contributed by atoms with Crippen molar-refractivity contribution in [1.82, 2.24) is 10.2 Å². The second kappa shape index (κ2) is 8.01. The zero-order valence-corrected chi connectivity index (χ0v) is 15.2. The molecule has 1 aliphatic heterocycles. The number of fused-ring (bicyclic) bond motifs is 1. The number of nitrogens with one attached hydrogen (secondary N) is 1. The summed E-state index contributed by atoms with van der Waals surface area (Å²) in [5.41, 5.74) is 1.06. The minimum Gasteiger partial charge on any atom is -0.333 e. The van der Waals surface area contributed by atoms with Gasteiger partial charge in [0, 0.05) is 12.1 Å². The summed E-state index contributed by atoms with van der Waals surface area (Å²) in [6.45, 7) is 2.30. The third-order valence-corrected chi connectivity index (χ3v) is 4.58. The summed E-state index contributed by atoms with van der Waals surface area (Å²) in [7, 11) is 0. The Balaban J connectivity index is 1.80. The fourth-order valence-corrected chi connectivity index (χ4v) is 3.01. The number of hydrogen-bond acceptors (Lipinski definition) is 4. The fourth-order valence-electron chi connectivity index (χ4n) is 3.01. The highest BCUT2D eigenvalue weighted by atomic mass is 19.1. The summed E-state index contributed by atoms with van der Waals surface area (Å²) >= 11 is 0. The number of rotatable bonds is 6. The van der Waals surface area contributed by atoms with Crippen molar-refractivity contribution < 1.29 is 18.8 Å². The molecule has 1 N–H and O–H groups in total. The maximum Gasteiger partial charge on any atom is 0.261 e. The average Bonchev–Trinajstić information content (AvgIpc) is 2.94. The quantitative estimate of drug-likeness (QED) is 0.781. The summed E-state index contributed by atoms with van der Waals surface area (Å²) in [6.07, 6.45) is 1.56. The number of benzene rings is 2. The van der Waals surface area contributed by atoms with E-state index in [1.165, 1.54) is 47.4 Å². The van der Waals surface area contributed by atoms with Crippen LogP contribution in [0.1, 0.15) is 62.4 Å². The Labute approximate surface area is 161 Å². The lowest BCUT2D eigenvalue weighted by Gasteiger charge is -2.12. The second-order valence-corrected chi connectivity index (χ2v) is 6.46. The van der Waals surface area contributed by atoms with E-state index in [1.54, 1.807) is 0 Å². The van der Waals surface area contributed by atoms with E-state index < -0.39 is 23.7 Å². The zero-order valence-electron chi connectivity index (χ0n) is 15.2. The van der Waals surface area contributed by atoms with Crippen LogP contribution in [0, 0.1) is 17.1 Å². The van der Waals surface area contributed by atoms with Gasteiger partial charge in [-0.25, -0.2) is 4.39 Å². The van der Waals surface area contributed by atoms with E-state index in [0.29, 0.717) is 18.5 Å². The molecular formula is C21H18FN3O3. The average molecular weight is 379 g/mol. The minimum absolute atomic E-state index is 0.166. The van der Waals surface area contributed by atoms with Crippen molar-refractivity contribution in [1.29, 1.82) is 5.26 Å². The van der Waals surface area contributed by atoms with Gasteiger partial charge in [-0.2, -0.15) is 5.26 Å². The Hall–Kier alpha value is -3.53. The van der Waals surface area contributed by atoms with Gasteiger partial charge in [0.25, 0.3) is 17.7 Å². The first kappa shape index (κ1) is 19.2. The Morgan fingerprint density at radius 2 is 1.82 bits per heavy atom. The first-order valence-corrected chi connectivity index (χ1v) is 8.92. The van der Waals surface area contributed by atoms with E-state index in [-0.39, 0.29) is 22.6 Å². The van der Waals surface area contributed by atoms with Crippen LogP contribution in [0.5, 0.6) is 0 Å². The molecule has 28 heavy (non-hydrogen) atoms. The number of carbonyl (C=O) groups is 3. The van der Waals surface area contributed by atoms with E-state index in [9.17, 15) is 24.0 Å². The van der Waals surface area contributed by atoms with Gasteiger partial charge in [-0.1, -0.05) is 25.5 Å². The van der Waals surface area contributed by atoms with Crippen molar-refractivity contribution in [2.75, 3.05) is 6.54 Å². The van der Waals surface area contributed by atoms with Crippen LogP contribution < -0.4 is 5.32 Å². The summed E-state index contributed by atoms with van der Waals surface area (Å²) in [6, 6.07) is 10.5. The number of amides is 3. The molecule has 0 aromatic heterocycles. The molecule has 7 heteroatoms. The van der Waals surface area contributed by atoms with Crippen LogP contribution in [0.15, 0.2) is 42.5 Å². The second-order valence-electron chi connectivity index (χ2n) is 6.46. The lowest BCUT2D eigenvalue weighted by Crippen LogP contribution is -2.30. The SMILES string of the molecule is CCCCN1C(=O)c2ccc(C(=O)N[C@H](C#N)c3ccc(F)cc3)cc2C1=O. The molecule has 142 valence electrons. The summed E-state index contributed by atoms with van der Waals surface area (Å²) in [5, 5.41) is 11.9. The Kier molecular flexibility index (Phi) is 5.50. The van der Waals surface area contributed by atoms with Gasteiger partial charge >= 0.3 is 0 Å². The number of nitrogens with zero attached hydrogens (tertiary/aromatic N) is 2. The Morgan fingerprint density at radius 3 is 2.46 bits per heavy atom. The van der Waals surface area contributed by atoms with Crippen LogP contribution in [0.3, 0.4) is 0 Å². The molecule has 2 aromatic carbocycles. The third-order valence-electron chi connectivity index (χ3n) is 4.58. The zero-order chi connectivity index (χ0) is 20.3. The maximum absolute atomic E-state index is 13.1. The Bertz CT molecular complexity index is 979. The molecule has 0 aliphatic carbocycles. The highest BCUT2D eigenvalue weighted by Crippen LogP contribution is 2.25. The van der Waals surface area contributed by atoms with Gasteiger partial charge in [0.05, 0.1) is 17.2 Å². The topological polar surface area (TPSA) is 90.3 Å². The van der Waals surface area contributed by atoms with Crippen molar-refractivity contribution in [3.63, 3.8) is 0 Å². The molecule has 1 atom stereocenters. The first-order chi connectivity index (χ1) is 13.5. The van der Waals surface area contributed by atoms with Gasteiger partial charge in [0.15, 0.2) is 0 Å². The van der Waals surface area contributed by atoms with Crippen LogP contribution in [0.2, 0.25) is 0 Å². The summed E-state index contributed by atoms with van der Waals surface area (Å²) < 4.78 is 13.1. The molecule has 6 nitrogen and oxygen atoms in total. The molecule has 3 amide bonds. The summed E-state index contributed by atoms with van der Waals surface area (Å²) in [4.78, 5) is 38.6. The van der Waals surface area contributed by atoms with E-state index in [2.05, 4.69) is 5.32 Å². The van der Waals surface area contributed by atoms with E-state index in [4.69, 9.17) is 0 Å². The van der Waals surface area contributed by atoms with Crippen LogP contribution in [0.4, 0.5) is 4.39 Å². The molecular weight excluding hydrogens is 361 g/mol. The number of nitriles is 1. The minimum atomic E-state index is -0.972. The standard InChI is InChI=1S/C21H18FN3O3/c1-2-3-10-25-20(27)16-9-6-14(11-17(16)21(25)28)19(26)24-18(12-23)13-4-7-15(22)8-5-13/h4-9,11,18H,2-3,10H2,1H3,(H,24,26)/t18-/m1/s1. The van der Waals surface area contributed by atoms with E-state index in [0.717, 1.165) is 6.42 Å². The largest absolute Gasteiger partial charge is 0.333 e. The summed E-state index contributed by atoms with van der Waals surface area (Å²) in [5.74, 6) is -1.78. The van der Waals surface area contributed by atoms with E-state index in [1.807, 2.05) is 13.0 Å². The molecule has 1 heterocycles. The number of halogens is 1. The molecule has 3 rings (SSSR count). The van der Waals surface area contributed by atoms with Crippen molar-refractivity contribution >= 4 is 17.7 Å². The smallest absolute Gasteiger partial charge is 0.261 e. The van der Waals surface area contributed by atoms with Crippen molar-refractivity contribution in [2.24, 2.45) is 0 Å². The van der Waals surface area contributed by atoms with Crippen LogP contribution in [0.25, 0.3) is 0 Å². The van der Waals surface area contributed by atoms with Gasteiger partial charge in [-0.15, -0.1) is 0 Å². The van der Waals surface area contributed by atoms with Crippen LogP contribution in [-0.4, -0.2) is 29.2 Å². The third kappa shape index (κ3) is 3.62. The lowest BCUT2D eigenvalue weighted by atomic mass is 10.0. The van der Waals surface area contributed by atoms with Crippen LogP contribution in [-0.2, 0) is 0 Å². The van der Waals surface area contributed by atoms with Gasteiger partial charge in [0.2, 0.25) is 0 Å². The van der Waals surface area contributed by atoms with E-state index >= 15 is 0 Å². The maximum atomic E-state index is 13.1. The van der Waals surface area contributed by atoms with Gasteiger partial charge < -0.3 is 5.32 Å². The molecule has 0 fully saturated rings. The predicted octanol–water partition coefficient (Wildman–Crippen LogP) is 3.22. The molecule has 0 radical (unpaired) electrons. The molecule has 0 unspecified atom stereocenters. The number of carbonyl (C=O) groups excluding carboxylic acids is 3. The molecule has 0 saturated heterocycles. The van der Waals surface area contributed by atoms with Crippen molar-refractivity contribution in [3.05, 3.63) is 70.5 Å². The van der Waals surface area contributed by atoms with Gasteiger partial charge in [0.1, 0.15) is 11.9 Å². The van der Waals surface area contributed by atoms with Gasteiger partial charge in [-0.05, 0) is 42.3 Å². The Morgan fingerprint density at radius 1 is 1.14 bits per heavy atom. The van der Waals surface area contributed by atoms with Crippen LogP contribution >= 0.6 is 0 Å². The predicted molar refractivity (Wildman–Crippen MR) is 98.9 cm³/mol. The molecule has 2 aromatic rings. The lowest BCUT2D eigenvalue weighted by molar-refractivity contribution is 0.0652. The first-order valence-electron chi connectivity index (χ1n) is 8.92. The molecule has 0 saturated carbocycles. The molecule has 0 spiro atoms. The van der Waals surface area contributed by atoms with Gasteiger partial charge in [-0.3, -0.25) is 19.3 Å². The number of hydrogen-bond donors (Lipinski definition) is 1. The van der Waals surface area contributed by atoms with Crippen molar-refractivity contribution in [2.45, 2.75) is 25.8 Å². The monoisotopic (exact) mass is 379 g/mol. The number of unbranched alkanes of at least 4 members (excludes halogenated alkanes) is 1.